The van der Waals surface area contributed by atoms with E-state index in [2.05, 4.69) is 28.1 Å². The molecular formula is C12H15BrO2. The van der Waals surface area contributed by atoms with Crippen LogP contribution < -0.4 is 9.47 Å². The zero-order chi connectivity index (χ0) is 10.5. The summed E-state index contributed by atoms with van der Waals surface area (Å²) >= 11 is 3.44. The molecular weight excluding hydrogens is 256 g/mol. The van der Waals surface area contributed by atoms with E-state index in [4.69, 9.17) is 9.47 Å². The van der Waals surface area contributed by atoms with Gasteiger partial charge in [0.15, 0.2) is 11.5 Å². The van der Waals surface area contributed by atoms with Crippen molar-refractivity contribution in [3.8, 4) is 11.5 Å². The predicted molar refractivity (Wildman–Crippen MR) is 63.9 cm³/mol. The summed E-state index contributed by atoms with van der Waals surface area (Å²) < 4.78 is 10.6. The van der Waals surface area contributed by atoms with E-state index in [9.17, 15) is 0 Å². The molecule has 2 nitrogen and oxygen atoms in total. The molecule has 2 rings (SSSR count). The van der Waals surface area contributed by atoms with Crippen LogP contribution in [0.25, 0.3) is 0 Å². The summed E-state index contributed by atoms with van der Waals surface area (Å²) in [6.45, 7) is 0.363. The number of hydrogen-bond acceptors (Lipinski definition) is 2. The minimum absolute atomic E-state index is 0.363. The highest BCUT2D eigenvalue weighted by molar-refractivity contribution is 9.09. The van der Waals surface area contributed by atoms with Gasteiger partial charge in [-0.05, 0) is 37.0 Å². The Hall–Kier alpha value is -0.700. The van der Waals surface area contributed by atoms with Crippen LogP contribution in [0.15, 0.2) is 18.2 Å². The first-order chi connectivity index (χ1) is 7.40. The first kappa shape index (κ1) is 10.8. The zero-order valence-electron chi connectivity index (χ0n) is 8.67. The van der Waals surface area contributed by atoms with Gasteiger partial charge in [0.1, 0.15) is 0 Å². The average Bonchev–Trinajstić information content (AvgIpc) is 2.71. The lowest BCUT2D eigenvalue weighted by atomic mass is 10.1. The Morgan fingerprint density at radius 3 is 2.80 bits per heavy atom. The molecule has 0 saturated heterocycles. The fourth-order valence-corrected chi connectivity index (χ4v) is 2.09. The maximum atomic E-state index is 5.34. The highest BCUT2D eigenvalue weighted by atomic mass is 79.9. The first-order valence-corrected chi connectivity index (χ1v) is 6.47. The second kappa shape index (κ2) is 5.40. The molecule has 0 bridgehead atoms. The Kier molecular flexibility index (Phi) is 3.89. The molecule has 1 aliphatic rings. The third-order valence-electron chi connectivity index (χ3n) is 2.54. The average molecular weight is 271 g/mol. The maximum Gasteiger partial charge on any atom is 0.231 e. The monoisotopic (exact) mass is 270 g/mol. The zero-order valence-corrected chi connectivity index (χ0v) is 10.3. The van der Waals surface area contributed by atoms with Gasteiger partial charge in [-0.25, -0.2) is 0 Å². The number of alkyl halides is 1. The number of benzene rings is 1. The molecule has 0 atom stereocenters. The van der Waals surface area contributed by atoms with E-state index >= 15 is 0 Å². The van der Waals surface area contributed by atoms with Crippen LogP contribution in [0.5, 0.6) is 11.5 Å². The van der Waals surface area contributed by atoms with Gasteiger partial charge in [0.25, 0.3) is 0 Å². The van der Waals surface area contributed by atoms with Crippen molar-refractivity contribution in [3.63, 3.8) is 0 Å². The van der Waals surface area contributed by atoms with Crippen molar-refractivity contribution in [3.05, 3.63) is 23.8 Å². The molecule has 0 aromatic heterocycles. The van der Waals surface area contributed by atoms with Crippen molar-refractivity contribution in [1.29, 1.82) is 0 Å². The van der Waals surface area contributed by atoms with Gasteiger partial charge < -0.3 is 9.47 Å². The number of fused-ring (bicyclic) bond motifs is 1. The van der Waals surface area contributed by atoms with Gasteiger partial charge in [0.2, 0.25) is 6.79 Å². The van der Waals surface area contributed by atoms with Crippen LogP contribution in [0.1, 0.15) is 24.8 Å². The molecule has 1 aromatic carbocycles. The second-order valence-electron chi connectivity index (χ2n) is 3.69. The number of unbranched alkanes of at least 4 members (excludes halogenated alkanes) is 2. The SMILES string of the molecule is BrCCCCCc1ccc2c(c1)OCO2. The fraction of sp³-hybridized carbons (Fsp3) is 0.500. The van der Waals surface area contributed by atoms with E-state index in [1.165, 1.54) is 24.8 Å². The van der Waals surface area contributed by atoms with Crippen LogP contribution in [-0.2, 0) is 6.42 Å². The van der Waals surface area contributed by atoms with Crippen molar-refractivity contribution < 1.29 is 9.47 Å². The van der Waals surface area contributed by atoms with Gasteiger partial charge in [0.05, 0.1) is 0 Å². The van der Waals surface area contributed by atoms with Gasteiger partial charge in [-0.3, -0.25) is 0 Å². The van der Waals surface area contributed by atoms with Crippen LogP contribution in [0.4, 0.5) is 0 Å². The Balaban J connectivity index is 1.87. The molecule has 15 heavy (non-hydrogen) atoms. The Labute approximate surface area is 98.7 Å². The molecule has 0 spiro atoms. The van der Waals surface area contributed by atoms with Gasteiger partial charge in [-0.15, -0.1) is 0 Å². The topological polar surface area (TPSA) is 18.5 Å². The van der Waals surface area contributed by atoms with E-state index in [0.717, 1.165) is 23.2 Å². The molecule has 82 valence electrons. The van der Waals surface area contributed by atoms with Crippen molar-refractivity contribution in [2.45, 2.75) is 25.7 Å². The third kappa shape index (κ3) is 2.88. The normalized spacial score (nSPS) is 13.1. The van der Waals surface area contributed by atoms with Crippen molar-refractivity contribution in [1.82, 2.24) is 0 Å². The minimum atomic E-state index is 0.363. The van der Waals surface area contributed by atoms with E-state index in [0.29, 0.717) is 6.79 Å². The second-order valence-corrected chi connectivity index (χ2v) is 4.48. The van der Waals surface area contributed by atoms with Crippen molar-refractivity contribution >= 4 is 15.9 Å². The van der Waals surface area contributed by atoms with Crippen LogP contribution in [0.3, 0.4) is 0 Å². The van der Waals surface area contributed by atoms with Crippen LogP contribution in [0, 0.1) is 0 Å². The van der Waals surface area contributed by atoms with E-state index in [-0.39, 0.29) is 0 Å². The molecule has 0 amide bonds. The lowest BCUT2D eigenvalue weighted by molar-refractivity contribution is 0.174. The Bertz CT molecular complexity index is 325. The number of halogens is 1. The number of rotatable bonds is 5. The molecule has 0 aliphatic carbocycles. The highest BCUT2D eigenvalue weighted by Gasteiger charge is 2.12. The van der Waals surface area contributed by atoms with Gasteiger partial charge in [-0.2, -0.15) is 0 Å². The minimum Gasteiger partial charge on any atom is -0.454 e. The molecule has 1 heterocycles. The Morgan fingerprint density at radius 1 is 1.07 bits per heavy atom. The predicted octanol–water partition coefficient (Wildman–Crippen LogP) is 3.52. The van der Waals surface area contributed by atoms with E-state index in [1.807, 2.05) is 6.07 Å². The summed E-state index contributed by atoms with van der Waals surface area (Å²) in [6, 6.07) is 6.22. The number of ether oxygens (including phenoxy) is 2. The Morgan fingerprint density at radius 2 is 1.93 bits per heavy atom. The van der Waals surface area contributed by atoms with Gasteiger partial charge in [0, 0.05) is 5.33 Å². The van der Waals surface area contributed by atoms with Crippen molar-refractivity contribution in [2.24, 2.45) is 0 Å². The fourth-order valence-electron chi connectivity index (χ4n) is 1.70. The largest absolute Gasteiger partial charge is 0.454 e. The van der Waals surface area contributed by atoms with Crippen LogP contribution in [-0.4, -0.2) is 12.1 Å². The summed E-state index contributed by atoms with van der Waals surface area (Å²) in [5.41, 5.74) is 1.34. The van der Waals surface area contributed by atoms with E-state index < -0.39 is 0 Å². The van der Waals surface area contributed by atoms with Gasteiger partial charge >= 0.3 is 0 Å². The lowest BCUT2D eigenvalue weighted by Crippen LogP contribution is -1.93. The number of aryl methyl sites for hydroxylation is 1. The lowest BCUT2D eigenvalue weighted by Gasteiger charge is -2.02. The molecule has 0 N–H and O–H groups in total. The van der Waals surface area contributed by atoms with Crippen LogP contribution in [0.2, 0.25) is 0 Å². The number of hydrogen-bond donors (Lipinski definition) is 0. The molecule has 1 aliphatic heterocycles. The molecule has 0 fully saturated rings. The molecule has 3 heteroatoms. The van der Waals surface area contributed by atoms with Crippen molar-refractivity contribution in [2.75, 3.05) is 12.1 Å². The summed E-state index contributed by atoms with van der Waals surface area (Å²) in [4.78, 5) is 0. The summed E-state index contributed by atoms with van der Waals surface area (Å²) in [7, 11) is 0. The summed E-state index contributed by atoms with van der Waals surface area (Å²) in [5.74, 6) is 1.77. The summed E-state index contributed by atoms with van der Waals surface area (Å²) in [5, 5.41) is 1.11. The first-order valence-electron chi connectivity index (χ1n) is 5.34. The smallest absolute Gasteiger partial charge is 0.231 e. The molecule has 0 unspecified atom stereocenters. The maximum absolute atomic E-state index is 5.34. The molecule has 0 saturated carbocycles. The highest BCUT2D eigenvalue weighted by Crippen LogP contribution is 2.32. The van der Waals surface area contributed by atoms with Crippen LogP contribution >= 0.6 is 15.9 Å². The third-order valence-corrected chi connectivity index (χ3v) is 3.10. The van der Waals surface area contributed by atoms with E-state index in [1.54, 1.807) is 0 Å². The molecule has 1 aromatic rings. The standard InChI is InChI=1S/C12H15BrO2/c13-7-3-1-2-4-10-5-6-11-12(8-10)15-9-14-11/h5-6,8H,1-4,7,9H2. The summed E-state index contributed by atoms with van der Waals surface area (Å²) in [6.07, 6.45) is 4.90. The molecule has 0 radical (unpaired) electrons. The quantitative estimate of drug-likeness (QED) is 0.602. The van der Waals surface area contributed by atoms with Gasteiger partial charge in [-0.1, -0.05) is 28.4 Å².